The van der Waals surface area contributed by atoms with Gasteiger partial charge in [0.15, 0.2) is 0 Å². The van der Waals surface area contributed by atoms with Gasteiger partial charge in [-0.15, -0.1) is 0 Å². The SMILES string of the molecule is Cc1nccn1CCCCN1CCC([C@H](O)C(N)=O)CC1. The highest BCUT2D eigenvalue weighted by molar-refractivity contribution is 5.78. The van der Waals surface area contributed by atoms with E-state index in [1.807, 2.05) is 19.3 Å². The average Bonchev–Trinajstić information content (AvgIpc) is 2.89. The molecule has 2 rings (SSSR count). The Labute approximate surface area is 125 Å². The second-order valence-electron chi connectivity index (χ2n) is 5.90. The van der Waals surface area contributed by atoms with Crippen LogP contribution in [0.5, 0.6) is 0 Å². The average molecular weight is 294 g/mol. The summed E-state index contributed by atoms with van der Waals surface area (Å²) in [4.78, 5) is 17.6. The summed E-state index contributed by atoms with van der Waals surface area (Å²) in [6.07, 6.45) is 6.88. The molecule has 1 aliphatic rings. The number of primary amides is 1. The van der Waals surface area contributed by atoms with Crippen molar-refractivity contribution in [3.05, 3.63) is 18.2 Å². The number of aryl methyl sites for hydroxylation is 2. The van der Waals surface area contributed by atoms with Crippen molar-refractivity contribution in [1.29, 1.82) is 0 Å². The highest BCUT2D eigenvalue weighted by Crippen LogP contribution is 2.20. The molecule has 2 heterocycles. The fourth-order valence-electron chi connectivity index (χ4n) is 2.98. The van der Waals surface area contributed by atoms with Crippen molar-refractivity contribution in [2.24, 2.45) is 11.7 Å². The zero-order valence-corrected chi connectivity index (χ0v) is 12.7. The Kier molecular flexibility index (Phi) is 5.76. The van der Waals surface area contributed by atoms with E-state index >= 15 is 0 Å². The normalized spacial score (nSPS) is 18.8. The minimum Gasteiger partial charge on any atom is -0.383 e. The number of piperidine rings is 1. The van der Waals surface area contributed by atoms with Crippen LogP contribution >= 0.6 is 0 Å². The molecule has 0 radical (unpaired) electrons. The maximum atomic E-state index is 11.0. The lowest BCUT2D eigenvalue weighted by atomic mass is 9.91. The van der Waals surface area contributed by atoms with Crippen molar-refractivity contribution >= 4 is 5.91 Å². The van der Waals surface area contributed by atoms with E-state index in [1.54, 1.807) is 0 Å². The first-order valence-electron chi connectivity index (χ1n) is 7.75. The number of nitrogens with two attached hydrogens (primary N) is 1. The van der Waals surface area contributed by atoms with Gasteiger partial charge < -0.3 is 20.3 Å². The third-order valence-electron chi connectivity index (χ3n) is 4.42. The van der Waals surface area contributed by atoms with E-state index in [-0.39, 0.29) is 5.92 Å². The Balaban J connectivity index is 1.61. The van der Waals surface area contributed by atoms with E-state index in [1.165, 1.54) is 0 Å². The van der Waals surface area contributed by atoms with Crippen molar-refractivity contribution < 1.29 is 9.90 Å². The van der Waals surface area contributed by atoms with Gasteiger partial charge in [-0.05, 0) is 58.2 Å². The van der Waals surface area contributed by atoms with Crippen molar-refractivity contribution in [2.45, 2.75) is 45.3 Å². The summed E-state index contributed by atoms with van der Waals surface area (Å²) >= 11 is 0. The van der Waals surface area contributed by atoms with E-state index < -0.39 is 12.0 Å². The fourth-order valence-corrected chi connectivity index (χ4v) is 2.98. The molecule has 0 spiro atoms. The number of carbonyl (C=O) groups excluding carboxylic acids is 1. The Morgan fingerprint density at radius 2 is 2.10 bits per heavy atom. The number of carbonyl (C=O) groups is 1. The molecule has 118 valence electrons. The second-order valence-corrected chi connectivity index (χ2v) is 5.90. The van der Waals surface area contributed by atoms with E-state index in [9.17, 15) is 9.90 Å². The molecule has 21 heavy (non-hydrogen) atoms. The quantitative estimate of drug-likeness (QED) is 0.719. The molecule has 1 aromatic heterocycles. The highest BCUT2D eigenvalue weighted by Gasteiger charge is 2.28. The predicted molar refractivity (Wildman–Crippen MR) is 80.6 cm³/mol. The number of aliphatic hydroxyl groups is 1. The fraction of sp³-hybridized carbons (Fsp3) is 0.733. The summed E-state index contributed by atoms with van der Waals surface area (Å²) in [7, 11) is 0. The Hall–Kier alpha value is -1.40. The number of imidazole rings is 1. The van der Waals surface area contributed by atoms with Gasteiger partial charge >= 0.3 is 0 Å². The van der Waals surface area contributed by atoms with Gasteiger partial charge in [-0.1, -0.05) is 0 Å². The Bertz CT molecular complexity index is 452. The zero-order valence-electron chi connectivity index (χ0n) is 12.7. The van der Waals surface area contributed by atoms with E-state index in [2.05, 4.69) is 14.5 Å². The summed E-state index contributed by atoms with van der Waals surface area (Å²) in [5, 5.41) is 9.68. The van der Waals surface area contributed by atoms with Crippen molar-refractivity contribution in [3.8, 4) is 0 Å². The molecule has 1 fully saturated rings. The molecule has 0 saturated carbocycles. The van der Waals surface area contributed by atoms with Gasteiger partial charge in [0.2, 0.25) is 5.91 Å². The van der Waals surface area contributed by atoms with Crippen LogP contribution in [0.15, 0.2) is 12.4 Å². The molecule has 0 unspecified atom stereocenters. The third kappa shape index (κ3) is 4.54. The number of hydrogen-bond donors (Lipinski definition) is 2. The van der Waals surface area contributed by atoms with Gasteiger partial charge in [-0.2, -0.15) is 0 Å². The summed E-state index contributed by atoms with van der Waals surface area (Å²) in [6.45, 7) is 6.00. The number of amides is 1. The number of nitrogens with zero attached hydrogens (tertiary/aromatic N) is 3. The summed E-state index contributed by atoms with van der Waals surface area (Å²) in [5.74, 6) is 0.507. The maximum Gasteiger partial charge on any atom is 0.246 e. The summed E-state index contributed by atoms with van der Waals surface area (Å²) < 4.78 is 2.18. The van der Waals surface area contributed by atoms with Crippen LogP contribution in [-0.4, -0.2) is 51.2 Å². The van der Waals surface area contributed by atoms with E-state index in [4.69, 9.17) is 5.73 Å². The van der Waals surface area contributed by atoms with Crippen LogP contribution in [0, 0.1) is 12.8 Å². The number of likely N-dealkylation sites (tertiary alicyclic amines) is 1. The molecular weight excluding hydrogens is 268 g/mol. The Morgan fingerprint density at radius 3 is 2.67 bits per heavy atom. The molecule has 0 aliphatic carbocycles. The van der Waals surface area contributed by atoms with Gasteiger partial charge in [0.05, 0.1) is 0 Å². The van der Waals surface area contributed by atoms with Crippen LogP contribution in [0.25, 0.3) is 0 Å². The van der Waals surface area contributed by atoms with Gasteiger partial charge in [0.1, 0.15) is 11.9 Å². The van der Waals surface area contributed by atoms with E-state index in [0.717, 1.165) is 57.7 Å². The molecule has 1 aliphatic heterocycles. The molecule has 1 atom stereocenters. The number of hydrogen-bond acceptors (Lipinski definition) is 4. The first kappa shape index (κ1) is 16.0. The van der Waals surface area contributed by atoms with Crippen LogP contribution in [-0.2, 0) is 11.3 Å². The van der Waals surface area contributed by atoms with E-state index in [0.29, 0.717) is 0 Å². The van der Waals surface area contributed by atoms with Crippen LogP contribution in [0.3, 0.4) is 0 Å². The highest BCUT2D eigenvalue weighted by atomic mass is 16.3. The van der Waals surface area contributed by atoms with Gasteiger partial charge in [0, 0.05) is 18.9 Å². The molecule has 1 amide bonds. The van der Waals surface area contributed by atoms with Gasteiger partial charge in [-0.3, -0.25) is 4.79 Å². The lowest BCUT2D eigenvalue weighted by Gasteiger charge is -2.33. The van der Waals surface area contributed by atoms with Crippen LogP contribution in [0.1, 0.15) is 31.5 Å². The second kappa shape index (κ2) is 7.56. The smallest absolute Gasteiger partial charge is 0.246 e. The molecule has 1 aromatic rings. The van der Waals surface area contributed by atoms with Crippen molar-refractivity contribution in [1.82, 2.24) is 14.5 Å². The van der Waals surface area contributed by atoms with Crippen molar-refractivity contribution in [3.63, 3.8) is 0 Å². The predicted octanol–water partition coefficient (Wildman–Crippen LogP) is 0.530. The van der Waals surface area contributed by atoms with Gasteiger partial charge in [0.25, 0.3) is 0 Å². The Morgan fingerprint density at radius 1 is 1.43 bits per heavy atom. The molecule has 3 N–H and O–H groups in total. The lowest BCUT2D eigenvalue weighted by Crippen LogP contribution is -2.42. The number of unbranched alkanes of at least 4 members (excludes halogenated alkanes) is 1. The molecule has 6 nitrogen and oxygen atoms in total. The number of aliphatic hydroxyl groups excluding tert-OH is 1. The van der Waals surface area contributed by atoms with Crippen LogP contribution in [0.2, 0.25) is 0 Å². The molecule has 0 bridgehead atoms. The minimum absolute atomic E-state index is 0.0346. The largest absolute Gasteiger partial charge is 0.383 e. The first-order chi connectivity index (χ1) is 10.1. The number of rotatable bonds is 7. The molecule has 0 aromatic carbocycles. The van der Waals surface area contributed by atoms with Gasteiger partial charge in [-0.25, -0.2) is 4.98 Å². The zero-order chi connectivity index (χ0) is 15.2. The topological polar surface area (TPSA) is 84.4 Å². The molecule has 1 saturated heterocycles. The minimum atomic E-state index is -0.976. The third-order valence-corrected chi connectivity index (χ3v) is 4.42. The maximum absolute atomic E-state index is 11.0. The molecule has 6 heteroatoms. The van der Waals surface area contributed by atoms with Crippen molar-refractivity contribution in [2.75, 3.05) is 19.6 Å². The number of aromatic nitrogens is 2. The monoisotopic (exact) mass is 294 g/mol. The summed E-state index contributed by atoms with van der Waals surface area (Å²) in [5.41, 5.74) is 5.15. The lowest BCUT2D eigenvalue weighted by molar-refractivity contribution is -0.129. The summed E-state index contributed by atoms with van der Waals surface area (Å²) in [6, 6.07) is 0. The molecular formula is C15H26N4O2. The standard InChI is InChI=1S/C15H26N4O2/c1-12-17-6-11-19(12)8-3-2-7-18-9-4-13(5-10-18)14(20)15(16)21/h6,11,13-14,20H,2-5,7-10H2,1H3,(H2,16,21)/t14-/m0/s1. The first-order valence-corrected chi connectivity index (χ1v) is 7.75. The van der Waals surface area contributed by atoms with Crippen LogP contribution in [0.4, 0.5) is 0 Å². The van der Waals surface area contributed by atoms with Crippen LogP contribution < -0.4 is 5.73 Å².